The van der Waals surface area contributed by atoms with Gasteiger partial charge in [0.2, 0.25) is 5.43 Å². The average Bonchev–Trinajstić information content (AvgIpc) is 2.55. The molecule has 3 rings (SSSR count). The van der Waals surface area contributed by atoms with Crippen molar-refractivity contribution >= 4 is 22.5 Å². The van der Waals surface area contributed by atoms with Gasteiger partial charge in [-0.05, 0) is 24.6 Å². The minimum Gasteiger partial charge on any atom is -0.343 e. The molecule has 0 amide bonds. The highest BCUT2D eigenvalue weighted by Crippen LogP contribution is 2.24. The minimum absolute atomic E-state index is 0.166. The quantitative estimate of drug-likeness (QED) is 0.931. The van der Waals surface area contributed by atoms with Crippen molar-refractivity contribution in [3.63, 3.8) is 0 Å². The van der Waals surface area contributed by atoms with E-state index in [1.165, 1.54) is 0 Å². The van der Waals surface area contributed by atoms with E-state index in [4.69, 9.17) is 11.6 Å². The molecule has 23 heavy (non-hydrogen) atoms. The summed E-state index contributed by atoms with van der Waals surface area (Å²) in [4.78, 5) is 14.8. The minimum atomic E-state index is -0.244. The molecule has 1 aromatic carbocycles. The summed E-state index contributed by atoms with van der Waals surface area (Å²) in [5.41, 5.74) is 1.56. The van der Waals surface area contributed by atoms with E-state index in [9.17, 15) is 10.1 Å². The maximum Gasteiger partial charge on any atom is 0.207 e. The van der Waals surface area contributed by atoms with E-state index < -0.39 is 0 Å². The fourth-order valence-electron chi connectivity index (χ4n) is 3.06. The first-order valence-corrected chi connectivity index (χ1v) is 8.14. The summed E-state index contributed by atoms with van der Waals surface area (Å²) in [6.45, 7) is 7.48. The number of hydrogen-bond donors (Lipinski definition) is 1. The van der Waals surface area contributed by atoms with Gasteiger partial charge in [-0.25, -0.2) is 0 Å². The lowest BCUT2D eigenvalue weighted by Gasteiger charge is -2.27. The van der Waals surface area contributed by atoms with Gasteiger partial charge < -0.3 is 9.88 Å². The third-order valence-electron chi connectivity index (χ3n) is 4.26. The smallest absolute Gasteiger partial charge is 0.207 e. The molecule has 0 spiro atoms. The molecule has 0 saturated carbocycles. The molecule has 1 aliphatic heterocycles. The molecular formula is C17H19ClN4O. The molecule has 1 fully saturated rings. The van der Waals surface area contributed by atoms with E-state index in [1.54, 1.807) is 6.20 Å². The summed E-state index contributed by atoms with van der Waals surface area (Å²) in [6.07, 6.45) is 1.63. The summed E-state index contributed by atoms with van der Waals surface area (Å²) < 4.78 is 1.94. The molecule has 0 unspecified atom stereocenters. The number of nitrogens with one attached hydrogen (secondary N) is 1. The first-order valence-electron chi connectivity index (χ1n) is 7.76. The Balaban J connectivity index is 2.03. The number of hydrogen-bond acceptors (Lipinski definition) is 4. The van der Waals surface area contributed by atoms with E-state index in [2.05, 4.69) is 10.2 Å². The van der Waals surface area contributed by atoms with Crippen molar-refractivity contribution in [1.82, 2.24) is 14.8 Å². The van der Waals surface area contributed by atoms with Crippen LogP contribution in [0.15, 0.2) is 23.1 Å². The van der Waals surface area contributed by atoms with Crippen LogP contribution in [0.4, 0.5) is 0 Å². The van der Waals surface area contributed by atoms with Crippen LogP contribution in [0.3, 0.4) is 0 Å². The van der Waals surface area contributed by atoms with Crippen LogP contribution in [-0.2, 0) is 6.54 Å². The second kappa shape index (κ2) is 6.71. The van der Waals surface area contributed by atoms with E-state index in [0.717, 1.165) is 43.8 Å². The molecule has 1 aliphatic rings. The second-order valence-corrected chi connectivity index (χ2v) is 6.32. The van der Waals surface area contributed by atoms with Crippen molar-refractivity contribution in [1.29, 1.82) is 5.26 Å². The predicted octanol–water partition coefficient (Wildman–Crippen LogP) is 1.74. The molecule has 2 aromatic rings. The maximum absolute atomic E-state index is 12.4. The third-order valence-corrected chi connectivity index (χ3v) is 4.54. The van der Waals surface area contributed by atoms with E-state index in [1.807, 2.05) is 29.7 Å². The van der Waals surface area contributed by atoms with Crippen molar-refractivity contribution in [3.8, 4) is 6.07 Å². The van der Waals surface area contributed by atoms with E-state index >= 15 is 0 Å². The molecule has 0 atom stereocenters. The van der Waals surface area contributed by atoms with Crippen LogP contribution in [0.5, 0.6) is 0 Å². The molecule has 5 nitrogen and oxygen atoms in total. The van der Waals surface area contributed by atoms with Gasteiger partial charge in [-0.2, -0.15) is 5.26 Å². The fourth-order valence-corrected chi connectivity index (χ4v) is 3.45. The highest BCUT2D eigenvalue weighted by Gasteiger charge is 2.14. The lowest BCUT2D eigenvalue weighted by Crippen LogP contribution is -2.44. The van der Waals surface area contributed by atoms with Gasteiger partial charge in [0.05, 0.1) is 10.5 Å². The van der Waals surface area contributed by atoms with Gasteiger partial charge in [0.1, 0.15) is 11.6 Å². The number of benzene rings is 1. The number of nitriles is 1. The second-order valence-electron chi connectivity index (χ2n) is 5.91. The molecule has 120 valence electrons. The van der Waals surface area contributed by atoms with Gasteiger partial charge in [0, 0.05) is 50.9 Å². The highest BCUT2D eigenvalue weighted by atomic mass is 35.5. The Morgan fingerprint density at radius 1 is 1.30 bits per heavy atom. The molecule has 2 heterocycles. The van der Waals surface area contributed by atoms with E-state index in [-0.39, 0.29) is 11.0 Å². The molecule has 1 saturated heterocycles. The zero-order valence-corrected chi connectivity index (χ0v) is 13.9. The number of pyridine rings is 1. The summed E-state index contributed by atoms with van der Waals surface area (Å²) in [6, 6.07) is 5.67. The molecule has 0 bridgehead atoms. The van der Waals surface area contributed by atoms with Crippen LogP contribution in [0.1, 0.15) is 11.1 Å². The normalized spacial score (nSPS) is 15.7. The van der Waals surface area contributed by atoms with Gasteiger partial charge in [0.15, 0.2) is 0 Å². The van der Waals surface area contributed by atoms with Crippen LogP contribution in [-0.4, -0.2) is 42.2 Å². The fraction of sp³-hybridized carbons (Fsp3) is 0.412. The highest BCUT2D eigenvalue weighted by molar-refractivity contribution is 6.35. The van der Waals surface area contributed by atoms with Crippen LogP contribution in [0.2, 0.25) is 5.02 Å². The van der Waals surface area contributed by atoms with Crippen molar-refractivity contribution in [3.05, 3.63) is 44.7 Å². The Kier molecular flexibility index (Phi) is 4.67. The number of nitrogens with zero attached hydrogens (tertiary/aromatic N) is 3. The number of aryl methyl sites for hydroxylation is 1. The molecule has 0 aliphatic carbocycles. The number of aromatic nitrogens is 1. The summed E-state index contributed by atoms with van der Waals surface area (Å²) in [7, 11) is 0. The monoisotopic (exact) mass is 330 g/mol. The Morgan fingerprint density at radius 2 is 2.04 bits per heavy atom. The van der Waals surface area contributed by atoms with Gasteiger partial charge in [-0.15, -0.1) is 0 Å². The Bertz CT molecular complexity index is 831. The Labute approximate surface area is 140 Å². The SMILES string of the molecule is Cc1cc(Cl)c2c(c1)c(=O)c(C#N)cn2CCN1CCNCC1. The standard InChI is InChI=1S/C17H19ClN4O/c1-12-8-14-16(15(18)9-12)22(11-13(10-19)17(14)23)7-6-21-4-2-20-3-5-21/h8-9,11,20H,2-7H2,1H3. The van der Waals surface area contributed by atoms with Gasteiger partial charge in [0.25, 0.3) is 0 Å². The first-order chi connectivity index (χ1) is 11.1. The third kappa shape index (κ3) is 3.25. The molecule has 1 aromatic heterocycles. The van der Waals surface area contributed by atoms with Crippen LogP contribution in [0, 0.1) is 18.3 Å². The van der Waals surface area contributed by atoms with Crippen molar-refractivity contribution in [2.75, 3.05) is 32.7 Å². The number of fused-ring (bicyclic) bond motifs is 1. The lowest BCUT2D eigenvalue weighted by molar-refractivity contribution is 0.233. The average molecular weight is 331 g/mol. The van der Waals surface area contributed by atoms with Gasteiger partial charge in [-0.1, -0.05) is 11.6 Å². The predicted molar refractivity (Wildman–Crippen MR) is 92.0 cm³/mol. The van der Waals surface area contributed by atoms with E-state index in [0.29, 0.717) is 17.0 Å². The Morgan fingerprint density at radius 3 is 2.74 bits per heavy atom. The molecule has 6 heteroatoms. The van der Waals surface area contributed by atoms with Crippen LogP contribution in [0.25, 0.3) is 10.9 Å². The zero-order chi connectivity index (χ0) is 16.4. The van der Waals surface area contributed by atoms with Crippen molar-refractivity contribution < 1.29 is 0 Å². The topological polar surface area (TPSA) is 61.1 Å². The lowest BCUT2D eigenvalue weighted by atomic mass is 10.1. The summed E-state index contributed by atoms with van der Waals surface area (Å²) in [5.74, 6) is 0. The summed E-state index contributed by atoms with van der Waals surface area (Å²) >= 11 is 6.39. The number of piperazine rings is 1. The molecular weight excluding hydrogens is 312 g/mol. The number of halogens is 1. The first kappa shape index (κ1) is 16.0. The van der Waals surface area contributed by atoms with Crippen LogP contribution >= 0.6 is 11.6 Å². The van der Waals surface area contributed by atoms with Gasteiger partial charge >= 0.3 is 0 Å². The number of rotatable bonds is 3. The zero-order valence-electron chi connectivity index (χ0n) is 13.1. The molecule has 1 N–H and O–H groups in total. The largest absolute Gasteiger partial charge is 0.343 e. The van der Waals surface area contributed by atoms with Gasteiger partial charge in [-0.3, -0.25) is 9.69 Å². The van der Waals surface area contributed by atoms with Crippen LogP contribution < -0.4 is 10.7 Å². The van der Waals surface area contributed by atoms with Crippen molar-refractivity contribution in [2.45, 2.75) is 13.5 Å². The summed E-state index contributed by atoms with van der Waals surface area (Å²) in [5, 5.41) is 13.7. The van der Waals surface area contributed by atoms with Crippen molar-refractivity contribution in [2.24, 2.45) is 0 Å². The maximum atomic E-state index is 12.4. The Hall–Kier alpha value is -1.87. The molecule has 0 radical (unpaired) electrons.